The van der Waals surface area contributed by atoms with Gasteiger partial charge < -0.3 is 10.6 Å². The molecular formula is C14H17ClN4. The van der Waals surface area contributed by atoms with Crippen LogP contribution in [-0.4, -0.2) is 16.5 Å². The molecule has 0 aliphatic heterocycles. The number of hydrogen-bond acceptors (Lipinski definition) is 4. The van der Waals surface area contributed by atoms with E-state index in [4.69, 9.17) is 11.6 Å². The topological polar surface area (TPSA) is 49.8 Å². The molecule has 0 saturated carbocycles. The molecule has 2 N–H and O–H groups in total. The van der Waals surface area contributed by atoms with E-state index in [0.29, 0.717) is 0 Å². The fourth-order valence-corrected chi connectivity index (χ4v) is 1.90. The first kappa shape index (κ1) is 13.6. The van der Waals surface area contributed by atoms with E-state index in [1.165, 1.54) is 0 Å². The zero-order chi connectivity index (χ0) is 13.7. The molecule has 1 aromatic carbocycles. The van der Waals surface area contributed by atoms with Crippen molar-refractivity contribution < 1.29 is 0 Å². The van der Waals surface area contributed by atoms with Crippen LogP contribution in [0.2, 0.25) is 5.02 Å². The molecule has 0 aliphatic rings. The van der Waals surface area contributed by atoms with E-state index >= 15 is 0 Å². The summed E-state index contributed by atoms with van der Waals surface area (Å²) >= 11 is 5.88. The largest absolute Gasteiger partial charge is 0.370 e. The molecule has 2 rings (SSSR count). The lowest BCUT2D eigenvalue weighted by Gasteiger charge is -2.15. The summed E-state index contributed by atoms with van der Waals surface area (Å²) in [5.41, 5.74) is 1.16. The molecule has 5 heteroatoms. The number of nitrogens with one attached hydrogen (secondary N) is 2. The third kappa shape index (κ3) is 3.83. The normalized spacial score (nSPS) is 11.9. The van der Waals surface area contributed by atoms with Crippen molar-refractivity contribution in [3.8, 4) is 0 Å². The van der Waals surface area contributed by atoms with Gasteiger partial charge >= 0.3 is 0 Å². The van der Waals surface area contributed by atoms with E-state index in [1.807, 2.05) is 37.3 Å². The molecule has 0 aliphatic carbocycles. The van der Waals surface area contributed by atoms with Crippen LogP contribution in [0.4, 0.5) is 11.6 Å². The SMILES string of the molecule is CCNc1cc(NC(C)c2ccc(Cl)cc2)ncn1. The Balaban J connectivity index is 2.07. The summed E-state index contributed by atoms with van der Waals surface area (Å²) in [5.74, 6) is 1.62. The number of aromatic nitrogens is 2. The second kappa shape index (κ2) is 6.38. The fourth-order valence-electron chi connectivity index (χ4n) is 1.77. The Labute approximate surface area is 118 Å². The van der Waals surface area contributed by atoms with E-state index in [0.717, 1.165) is 28.8 Å². The van der Waals surface area contributed by atoms with Gasteiger partial charge in [-0.3, -0.25) is 0 Å². The minimum Gasteiger partial charge on any atom is -0.370 e. The Morgan fingerprint density at radius 2 is 1.84 bits per heavy atom. The molecule has 1 atom stereocenters. The van der Waals surface area contributed by atoms with Gasteiger partial charge in [0.1, 0.15) is 18.0 Å². The van der Waals surface area contributed by atoms with Gasteiger partial charge in [0.2, 0.25) is 0 Å². The zero-order valence-corrected chi connectivity index (χ0v) is 11.8. The van der Waals surface area contributed by atoms with Crippen LogP contribution in [0.25, 0.3) is 0 Å². The van der Waals surface area contributed by atoms with Gasteiger partial charge in [-0.25, -0.2) is 9.97 Å². The third-order valence-electron chi connectivity index (χ3n) is 2.76. The molecule has 0 bridgehead atoms. The van der Waals surface area contributed by atoms with Gasteiger partial charge in [0, 0.05) is 23.7 Å². The highest BCUT2D eigenvalue weighted by Gasteiger charge is 2.06. The summed E-state index contributed by atoms with van der Waals surface area (Å²) in [6, 6.07) is 9.84. The Kier molecular flexibility index (Phi) is 4.58. The predicted molar refractivity (Wildman–Crippen MR) is 79.7 cm³/mol. The Morgan fingerprint density at radius 3 is 2.53 bits per heavy atom. The summed E-state index contributed by atoms with van der Waals surface area (Å²) in [7, 11) is 0. The van der Waals surface area contributed by atoms with Crippen LogP contribution in [0, 0.1) is 0 Å². The summed E-state index contributed by atoms with van der Waals surface area (Å²) in [6.07, 6.45) is 1.55. The van der Waals surface area contributed by atoms with E-state index in [1.54, 1.807) is 6.33 Å². The maximum absolute atomic E-state index is 5.88. The summed E-state index contributed by atoms with van der Waals surface area (Å²) in [4.78, 5) is 8.36. The molecular weight excluding hydrogens is 260 g/mol. The zero-order valence-electron chi connectivity index (χ0n) is 11.0. The summed E-state index contributed by atoms with van der Waals surface area (Å²) in [6.45, 7) is 4.95. The van der Waals surface area contributed by atoms with Crippen molar-refractivity contribution in [3.05, 3.63) is 47.2 Å². The van der Waals surface area contributed by atoms with Crippen LogP contribution in [0.5, 0.6) is 0 Å². The van der Waals surface area contributed by atoms with Crippen LogP contribution >= 0.6 is 11.6 Å². The molecule has 2 aromatic rings. The quantitative estimate of drug-likeness (QED) is 0.874. The van der Waals surface area contributed by atoms with Gasteiger partial charge in [-0.15, -0.1) is 0 Å². The minimum atomic E-state index is 0.154. The van der Waals surface area contributed by atoms with Crippen molar-refractivity contribution >= 4 is 23.2 Å². The smallest absolute Gasteiger partial charge is 0.131 e. The lowest BCUT2D eigenvalue weighted by atomic mass is 10.1. The van der Waals surface area contributed by atoms with Crippen LogP contribution in [0.15, 0.2) is 36.7 Å². The average Bonchev–Trinajstić information content (AvgIpc) is 2.40. The van der Waals surface area contributed by atoms with Gasteiger partial charge in [0.15, 0.2) is 0 Å². The van der Waals surface area contributed by atoms with Crippen LogP contribution in [0.3, 0.4) is 0 Å². The maximum atomic E-state index is 5.88. The van der Waals surface area contributed by atoms with Crippen molar-refractivity contribution in [1.82, 2.24) is 9.97 Å². The molecule has 0 fully saturated rings. The van der Waals surface area contributed by atoms with E-state index in [2.05, 4.69) is 27.5 Å². The van der Waals surface area contributed by atoms with Crippen LogP contribution in [-0.2, 0) is 0 Å². The Morgan fingerprint density at radius 1 is 1.16 bits per heavy atom. The number of nitrogens with zero attached hydrogens (tertiary/aromatic N) is 2. The molecule has 0 amide bonds. The monoisotopic (exact) mass is 276 g/mol. The van der Waals surface area contributed by atoms with Gasteiger partial charge in [0.25, 0.3) is 0 Å². The second-order valence-corrected chi connectivity index (χ2v) is 4.67. The summed E-state index contributed by atoms with van der Waals surface area (Å²) < 4.78 is 0. The highest BCUT2D eigenvalue weighted by Crippen LogP contribution is 2.20. The molecule has 19 heavy (non-hydrogen) atoms. The molecule has 1 heterocycles. The van der Waals surface area contributed by atoms with Crippen molar-refractivity contribution in [3.63, 3.8) is 0 Å². The Hall–Kier alpha value is -1.81. The number of anilines is 2. The van der Waals surface area contributed by atoms with Crippen LogP contribution < -0.4 is 10.6 Å². The van der Waals surface area contributed by atoms with Crippen molar-refractivity contribution in [1.29, 1.82) is 0 Å². The van der Waals surface area contributed by atoms with E-state index in [9.17, 15) is 0 Å². The fraction of sp³-hybridized carbons (Fsp3) is 0.286. The van der Waals surface area contributed by atoms with Gasteiger partial charge in [-0.05, 0) is 31.5 Å². The first-order valence-electron chi connectivity index (χ1n) is 6.27. The number of rotatable bonds is 5. The molecule has 0 spiro atoms. The highest BCUT2D eigenvalue weighted by atomic mass is 35.5. The third-order valence-corrected chi connectivity index (χ3v) is 3.01. The molecule has 0 saturated heterocycles. The molecule has 1 aromatic heterocycles. The van der Waals surface area contributed by atoms with Crippen LogP contribution in [0.1, 0.15) is 25.5 Å². The number of halogens is 1. The molecule has 100 valence electrons. The van der Waals surface area contributed by atoms with Crippen molar-refractivity contribution in [2.45, 2.75) is 19.9 Å². The average molecular weight is 277 g/mol. The van der Waals surface area contributed by atoms with Gasteiger partial charge in [-0.2, -0.15) is 0 Å². The second-order valence-electron chi connectivity index (χ2n) is 4.24. The number of hydrogen-bond donors (Lipinski definition) is 2. The first-order chi connectivity index (χ1) is 9.19. The lowest BCUT2D eigenvalue weighted by Crippen LogP contribution is -2.09. The molecule has 1 unspecified atom stereocenters. The first-order valence-corrected chi connectivity index (χ1v) is 6.64. The predicted octanol–water partition coefficient (Wildman–Crippen LogP) is 3.73. The number of benzene rings is 1. The van der Waals surface area contributed by atoms with Crippen molar-refractivity contribution in [2.24, 2.45) is 0 Å². The lowest BCUT2D eigenvalue weighted by molar-refractivity contribution is 0.872. The standard InChI is InChI=1S/C14H17ClN4/c1-3-16-13-8-14(18-9-17-13)19-10(2)11-4-6-12(15)7-5-11/h4-10H,3H2,1-2H3,(H2,16,17,18,19). The molecule has 0 radical (unpaired) electrons. The maximum Gasteiger partial charge on any atom is 0.131 e. The van der Waals surface area contributed by atoms with E-state index in [-0.39, 0.29) is 6.04 Å². The van der Waals surface area contributed by atoms with Crippen molar-refractivity contribution in [2.75, 3.05) is 17.2 Å². The van der Waals surface area contributed by atoms with Gasteiger partial charge in [-0.1, -0.05) is 23.7 Å². The Bertz CT molecular complexity index is 527. The van der Waals surface area contributed by atoms with E-state index < -0.39 is 0 Å². The summed E-state index contributed by atoms with van der Waals surface area (Å²) in [5, 5.41) is 7.25. The highest BCUT2D eigenvalue weighted by molar-refractivity contribution is 6.30. The minimum absolute atomic E-state index is 0.154. The molecule has 4 nitrogen and oxygen atoms in total. The van der Waals surface area contributed by atoms with Gasteiger partial charge in [0.05, 0.1) is 0 Å².